The topological polar surface area (TPSA) is 68.7 Å². The molecule has 4 heterocycles. The van der Waals surface area contributed by atoms with Gasteiger partial charge in [0, 0.05) is 40.8 Å². The van der Waals surface area contributed by atoms with Crippen molar-refractivity contribution < 1.29 is 13.4 Å². The van der Waals surface area contributed by atoms with Crippen molar-refractivity contribution in [3.8, 4) is 28.7 Å². The molecule has 1 aliphatic rings. The highest BCUT2D eigenvalue weighted by Crippen LogP contribution is 2.37. The maximum atomic E-state index is 7.70. The number of ether oxygens (including phenoxy) is 1. The molecule has 0 N–H and O–H groups in total. The van der Waals surface area contributed by atoms with E-state index in [1.165, 1.54) is 4.90 Å². The lowest BCUT2D eigenvalue weighted by atomic mass is 10.1. The van der Waals surface area contributed by atoms with Crippen molar-refractivity contribution in [2.24, 2.45) is 0 Å². The first kappa shape index (κ1) is 18.7. The van der Waals surface area contributed by atoms with Gasteiger partial charge in [-0.25, -0.2) is 4.98 Å². The summed E-state index contributed by atoms with van der Waals surface area (Å²) in [6.45, 7) is 3.67. The van der Waals surface area contributed by atoms with E-state index in [4.69, 9.17) is 48.2 Å². The Hall–Kier alpha value is -2.74. The van der Waals surface area contributed by atoms with E-state index in [0.29, 0.717) is 51.2 Å². The Bertz CT molecular complexity index is 1480. The van der Waals surface area contributed by atoms with Crippen LogP contribution in [0.5, 0.6) is 5.75 Å². The first-order valence-electron chi connectivity index (χ1n) is 11.6. The molecular weight excluding hydrogens is 485 g/mol. The molecule has 0 bridgehead atoms. The van der Waals surface area contributed by atoms with E-state index >= 15 is 0 Å². The van der Waals surface area contributed by atoms with Gasteiger partial charge in [0.2, 0.25) is 5.82 Å². The van der Waals surface area contributed by atoms with Crippen molar-refractivity contribution in [2.45, 2.75) is 25.9 Å². The molecule has 0 saturated carbocycles. The number of benzene rings is 1. The smallest absolute Gasteiger partial charge is 0.278 e. The molecule has 1 aliphatic heterocycles. The van der Waals surface area contributed by atoms with E-state index < -0.39 is 13.1 Å². The fourth-order valence-corrected chi connectivity index (χ4v) is 4.44. The molecule has 5 rings (SSSR count). The molecule has 3 aromatic heterocycles. The fraction of sp³-hybridized carbons (Fsp3) is 0.261. The number of hydrogen-bond donors (Lipinski definition) is 0. The Kier molecular flexibility index (Phi) is 4.84. The number of aryl methyl sites for hydroxylation is 1. The Morgan fingerprint density at radius 2 is 2.00 bits per heavy atom. The minimum atomic E-state index is -2.29. The van der Waals surface area contributed by atoms with Crippen LogP contribution in [0.2, 0.25) is 15.1 Å². The van der Waals surface area contributed by atoms with Gasteiger partial charge in [-0.2, -0.15) is 4.98 Å². The lowest BCUT2D eigenvalue weighted by Gasteiger charge is -2.33. The number of nitrogens with zero attached hydrogens (tertiary/aromatic N) is 5. The fourth-order valence-electron chi connectivity index (χ4n) is 3.68. The van der Waals surface area contributed by atoms with Gasteiger partial charge in [-0.15, -0.1) is 0 Å². The molecule has 0 aliphatic carbocycles. The molecule has 33 heavy (non-hydrogen) atoms. The molecule has 1 aromatic carbocycles. The highest BCUT2D eigenvalue weighted by atomic mass is 35.5. The van der Waals surface area contributed by atoms with E-state index in [1.807, 2.05) is 19.2 Å². The first-order valence-corrected chi connectivity index (χ1v) is 11.2. The molecule has 1 fully saturated rings. The number of hydrogen-bond acceptors (Lipinski definition) is 6. The van der Waals surface area contributed by atoms with Crippen LogP contribution in [0.25, 0.3) is 28.6 Å². The average molecular weight is 508 g/mol. The lowest BCUT2D eigenvalue weighted by molar-refractivity contribution is 0.128. The standard InChI is InChI=1S/C23H20Cl3N5O2/c1-12-6-18(26)22-27-19(11-31(22)9-12)23-28-21(29-33-23)15-7-17(25)20(8-16(15)24)32-14-5-4-13(2)30(3)10-14/h6-9,11,14H,2,4-5,10H2,1,3H3/t14-/m0/s1/i3D3. The summed E-state index contributed by atoms with van der Waals surface area (Å²) in [6.07, 6.45) is 4.36. The second kappa shape index (κ2) is 8.56. The molecule has 170 valence electrons. The largest absolute Gasteiger partial charge is 0.487 e. The third-order valence-electron chi connectivity index (χ3n) is 5.37. The minimum Gasteiger partial charge on any atom is -0.487 e. The van der Waals surface area contributed by atoms with E-state index in [9.17, 15) is 0 Å². The summed E-state index contributed by atoms with van der Waals surface area (Å²) >= 11 is 19.3. The number of rotatable bonds is 4. The van der Waals surface area contributed by atoms with Crippen LogP contribution in [-0.4, -0.2) is 44.0 Å². The number of likely N-dealkylation sites (tertiary alicyclic amines) is 1. The van der Waals surface area contributed by atoms with Crippen molar-refractivity contribution in [3.05, 3.63) is 63.5 Å². The summed E-state index contributed by atoms with van der Waals surface area (Å²) in [5.74, 6) is 0.759. The van der Waals surface area contributed by atoms with Crippen LogP contribution in [-0.2, 0) is 0 Å². The van der Waals surface area contributed by atoms with Gasteiger partial charge in [-0.3, -0.25) is 0 Å². The molecule has 1 atom stereocenters. The van der Waals surface area contributed by atoms with Gasteiger partial charge in [0.1, 0.15) is 17.5 Å². The van der Waals surface area contributed by atoms with Crippen LogP contribution in [0.1, 0.15) is 22.5 Å². The van der Waals surface area contributed by atoms with Crippen molar-refractivity contribution >= 4 is 40.4 Å². The zero-order valence-electron chi connectivity index (χ0n) is 20.5. The monoisotopic (exact) mass is 506 g/mol. The quantitative estimate of drug-likeness (QED) is 0.322. The van der Waals surface area contributed by atoms with Gasteiger partial charge in [-0.05, 0) is 37.5 Å². The number of fused-ring (bicyclic) bond motifs is 1. The summed E-state index contributed by atoms with van der Waals surface area (Å²) in [5.41, 5.74) is 3.02. The number of allylic oxidation sites excluding steroid dienone is 1. The van der Waals surface area contributed by atoms with Crippen LogP contribution in [0, 0.1) is 6.92 Å². The maximum absolute atomic E-state index is 7.70. The summed E-state index contributed by atoms with van der Waals surface area (Å²) in [6, 6.07) is 4.97. The molecular formula is C23H20Cl3N5O2. The van der Waals surface area contributed by atoms with Crippen molar-refractivity contribution in [3.63, 3.8) is 0 Å². The molecule has 0 amide bonds. The number of imidazole rings is 1. The van der Waals surface area contributed by atoms with Gasteiger partial charge in [0.05, 0.1) is 21.6 Å². The third kappa shape index (κ3) is 4.28. The predicted octanol–water partition coefficient (Wildman–Crippen LogP) is 6.31. The van der Waals surface area contributed by atoms with Crippen LogP contribution < -0.4 is 4.74 Å². The van der Waals surface area contributed by atoms with Crippen LogP contribution in [0.15, 0.2) is 47.4 Å². The van der Waals surface area contributed by atoms with Crippen molar-refractivity contribution in [1.82, 2.24) is 24.4 Å². The molecule has 1 saturated heterocycles. The second-order valence-electron chi connectivity index (χ2n) is 7.86. The summed E-state index contributed by atoms with van der Waals surface area (Å²) in [4.78, 5) is 10.2. The van der Waals surface area contributed by atoms with Gasteiger partial charge < -0.3 is 18.6 Å². The van der Waals surface area contributed by atoms with Crippen molar-refractivity contribution in [2.75, 3.05) is 13.5 Å². The Balaban J connectivity index is 1.38. The summed E-state index contributed by atoms with van der Waals surface area (Å²) < 4.78 is 36.3. The van der Waals surface area contributed by atoms with E-state index in [0.717, 1.165) is 5.56 Å². The third-order valence-corrected chi connectivity index (χ3v) is 6.25. The Morgan fingerprint density at radius 3 is 2.82 bits per heavy atom. The molecule has 0 spiro atoms. The van der Waals surface area contributed by atoms with Crippen LogP contribution >= 0.6 is 34.8 Å². The van der Waals surface area contributed by atoms with E-state index in [2.05, 4.69) is 21.7 Å². The number of aromatic nitrogens is 4. The number of likely N-dealkylation sites (N-methyl/N-ethyl adjacent to an activating group) is 1. The average Bonchev–Trinajstić information content (AvgIpc) is 3.44. The lowest BCUT2D eigenvalue weighted by Crippen LogP contribution is -2.37. The van der Waals surface area contributed by atoms with Gasteiger partial charge in [-0.1, -0.05) is 46.5 Å². The highest BCUT2D eigenvalue weighted by molar-refractivity contribution is 6.36. The Morgan fingerprint density at radius 1 is 1.15 bits per heavy atom. The molecule has 10 heteroatoms. The number of piperidine rings is 1. The minimum absolute atomic E-state index is 0.168. The van der Waals surface area contributed by atoms with Gasteiger partial charge >= 0.3 is 0 Å². The van der Waals surface area contributed by atoms with Crippen molar-refractivity contribution in [1.29, 1.82) is 0 Å². The Labute approximate surface area is 209 Å². The van der Waals surface area contributed by atoms with Gasteiger partial charge in [0.25, 0.3) is 5.89 Å². The maximum Gasteiger partial charge on any atom is 0.278 e. The second-order valence-corrected chi connectivity index (χ2v) is 9.08. The predicted molar refractivity (Wildman–Crippen MR) is 129 cm³/mol. The highest BCUT2D eigenvalue weighted by Gasteiger charge is 2.23. The number of halogens is 3. The summed E-state index contributed by atoms with van der Waals surface area (Å²) in [7, 11) is 0. The molecule has 0 radical (unpaired) electrons. The summed E-state index contributed by atoms with van der Waals surface area (Å²) in [5, 5.41) is 5.12. The van der Waals surface area contributed by atoms with Crippen LogP contribution in [0.3, 0.4) is 0 Å². The molecule has 4 aromatic rings. The van der Waals surface area contributed by atoms with Gasteiger partial charge in [0.15, 0.2) is 5.65 Å². The van der Waals surface area contributed by atoms with E-state index in [-0.39, 0.29) is 23.3 Å². The van der Waals surface area contributed by atoms with Crippen LogP contribution in [0.4, 0.5) is 0 Å². The zero-order chi connectivity index (χ0) is 25.8. The first-order chi connectivity index (χ1) is 17.0. The number of pyridine rings is 1. The normalized spacial score (nSPS) is 18.3. The molecule has 0 unspecified atom stereocenters. The SMILES string of the molecule is [2H]C([2H])([2H])N1C[C@@H](Oc2cc(Cl)c(-c3noc(-c4cn5cc(C)cc(Cl)c5n4)n3)cc2Cl)CCC1=C. The zero-order valence-corrected chi connectivity index (χ0v) is 19.7. The van der Waals surface area contributed by atoms with E-state index in [1.54, 1.807) is 22.7 Å². The molecule has 7 nitrogen and oxygen atoms in total.